The molecule has 0 amide bonds. The van der Waals surface area contributed by atoms with Gasteiger partial charge in [-0.2, -0.15) is 11.8 Å². The van der Waals surface area contributed by atoms with E-state index in [9.17, 15) is 0 Å². The molecule has 0 spiro atoms. The molecule has 2 heterocycles. The predicted molar refractivity (Wildman–Crippen MR) is 78.7 cm³/mol. The van der Waals surface area contributed by atoms with Crippen molar-refractivity contribution < 1.29 is 0 Å². The van der Waals surface area contributed by atoms with Crippen LogP contribution >= 0.6 is 23.1 Å². The first-order chi connectivity index (χ1) is 8.35. The minimum Gasteiger partial charge on any atom is -0.308 e. The van der Waals surface area contributed by atoms with E-state index in [-0.39, 0.29) is 0 Å². The summed E-state index contributed by atoms with van der Waals surface area (Å²) in [5.41, 5.74) is 1.54. The zero-order valence-corrected chi connectivity index (χ0v) is 11.9. The van der Waals surface area contributed by atoms with Gasteiger partial charge in [0.15, 0.2) is 0 Å². The van der Waals surface area contributed by atoms with Gasteiger partial charge in [0.05, 0.1) is 6.04 Å². The van der Waals surface area contributed by atoms with Gasteiger partial charge < -0.3 is 5.32 Å². The van der Waals surface area contributed by atoms with Crippen molar-refractivity contribution in [3.8, 4) is 12.3 Å². The second-order valence-corrected chi connectivity index (χ2v) is 6.59. The van der Waals surface area contributed by atoms with Crippen molar-refractivity contribution >= 4 is 23.1 Å². The van der Waals surface area contributed by atoms with Gasteiger partial charge >= 0.3 is 0 Å². The Kier molecular flexibility index (Phi) is 4.97. The van der Waals surface area contributed by atoms with Gasteiger partial charge in [-0.1, -0.05) is 6.92 Å². The zero-order valence-electron chi connectivity index (χ0n) is 10.3. The SMILES string of the molecule is C#CCC(NCCC)c1cc2c(s1)CCSC2. The molecule has 3 heteroatoms. The number of thioether (sulfide) groups is 1. The summed E-state index contributed by atoms with van der Waals surface area (Å²) in [4.78, 5) is 3.02. The Morgan fingerprint density at radius 3 is 3.18 bits per heavy atom. The second kappa shape index (κ2) is 6.49. The summed E-state index contributed by atoms with van der Waals surface area (Å²) in [6, 6.07) is 2.73. The van der Waals surface area contributed by atoms with Gasteiger partial charge in [0.2, 0.25) is 0 Å². The van der Waals surface area contributed by atoms with Crippen LogP contribution in [0.2, 0.25) is 0 Å². The molecule has 0 fully saturated rings. The van der Waals surface area contributed by atoms with Gasteiger partial charge in [-0.05, 0) is 36.8 Å². The molecule has 1 aromatic rings. The zero-order chi connectivity index (χ0) is 12.1. The maximum Gasteiger partial charge on any atom is 0.0525 e. The number of terminal acetylenes is 1. The maximum absolute atomic E-state index is 5.47. The van der Waals surface area contributed by atoms with Crippen LogP contribution in [0.3, 0.4) is 0 Å². The van der Waals surface area contributed by atoms with E-state index in [1.807, 2.05) is 23.1 Å². The molecule has 0 saturated carbocycles. The average Bonchev–Trinajstić information content (AvgIpc) is 2.78. The van der Waals surface area contributed by atoms with Crippen LogP contribution in [0, 0.1) is 12.3 Å². The Balaban J connectivity index is 2.12. The Morgan fingerprint density at radius 1 is 1.59 bits per heavy atom. The molecule has 1 aliphatic rings. The van der Waals surface area contributed by atoms with Crippen molar-refractivity contribution in [2.45, 2.75) is 38.0 Å². The van der Waals surface area contributed by atoms with Crippen LogP contribution in [0.25, 0.3) is 0 Å². The Labute approximate surface area is 112 Å². The van der Waals surface area contributed by atoms with Gasteiger partial charge in [-0.15, -0.1) is 23.7 Å². The highest BCUT2D eigenvalue weighted by Crippen LogP contribution is 2.35. The molecule has 1 aromatic heterocycles. The van der Waals surface area contributed by atoms with Crippen molar-refractivity contribution in [2.75, 3.05) is 12.3 Å². The summed E-state index contributed by atoms with van der Waals surface area (Å²) in [5.74, 6) is 5.25. The fraction of sp³-hybridized carbons (Fsp3) is 0.571. The van der Waals surface area contributed by atoms with E-state index in [4.69, 9.17) is 6.42 Å². The lowest BCUT2D eigenvalue weighted by Crippen LogP contribution is -2.20. The van der Waals surface area contributed by atoms with Crippen LogP contribution in [0.1, 0.15) is 41.1 Å². The van der Waals surface area contributed by atoms with Gasteiger partial charge in [0.1, 0.15) is 0 Å². The highest BCUT2D eigenvalue weighted by molar-refractivity contribution is 7.98. The summed E-state index contributed by atoms with van der Waals surface area (Å²) in [6.45, 7) is 3.24. The standard InChI is InChI=1S/C14H19NS2/c1-3-5-12(15-7-4-2)14-9-11-10-16-8-6-13(11)17-14/h1,9,12,15H,4-8,10H2,2H3. The average molecular weight is 265 g/mol. The smallest absolute Gasteiger partial charge is 0.0525 e. The normalized spacial score (nSPS) is 16.2. The van der Waals surface area contributed by atoms with Crippen LogP contribution in [0.5, 0.6) is 0 Å². The van der Waals surface area contributed by atoms with Gasteiger partial charge in [-0.3, -0.25) is 0 Å². The number of rotatable bonds is 5. The molecule has 1 aliphatic heterocycles. The van der Waals surface area contributed by atoms with Gasteiger partial charge in [0.25, 0.3) is 0 Å². The number of thiophene rings is 1. The summed E-state index contributed by atoms with van der Waals surface area (Å²) < 4.78 is 0. The molecule has 0 radical (unpaired) electrons. The first-order valence-corrected chi connectivity index (χ1v) is 8.18. The van der Waals surface area contributed by atoms with Crippen LogP contribution in [0.4, 0.5) is 0 Å². The number of hydrogen-bond acceptors (Lipinski definition) is 3. The van der Waals surface area contributed by atoms with Gasteiger partial charge in [-0.25, -0.2) is 0 Å². The third kappa shape index (κ3) is 3.28. The first-order valence-electron chi connectivity index (χ1n) is 6.21. The van der Waals surface area contributed by atoms with Crippen LogP contribution in [-0.4, -0.2) is 12.3 Å². The van der Waals surface area contributed by atoms with E-state index in [0.717, 1.165) is 19.4 Å². The van der Waals surface area contributed by atoms with E-state index in [1.54, 1.807) is 10.4 Å². The molecule has 1 N–H and O–H groups in total. The quantitative estimate of drug-likeness (QED) is 0.816. The van der Waals surface area contributed by atoms with E-state index < -0.39 is 0 Å². The molecule has 0 aromatic carbocycles. The lowest BCUT2D eigenvalue weighted by atomic mass is 10.1. The third-order valence-electron chi connectivity index (χ3n) is 2.95. The molecule has 92 valence electrons. The Bertz CT molecular complexity index is 379. The topological polar surface area (TPSA) is 12.0 Å². The lowest BCUT2D eigenvalue weighted by molar-refractivity contribution is 0.550. The summed E-state index contributed by atoms with van der Waals surface area (Å²) >= 11 is 4.00. The number of hydrogen-bond donors (Lipinski definition) is 1. The van der Waals surface area contributed by atoms with Crippen LogP contribution in [-0.2, 0) is 12.2 Å². The molecule has 2 rings (SSSR count). The van der Waals surface area contributed by atoms with E-state index in [0.29, 0.717) is 6.04 Å². The minimum absolute atomic E-state index is 0.362. The number of nitrogens with one attached hydrogen (secondary N) is 1. The molecular weight excluding hydrogens is 246 g/mol. The molecular formula is C14H19NS2. The van der Waals surface area contributed by atoms with Crippen molar-refractivity contribution in [3.05, 3.63) is 21.4 Å². The molecule has 1 atom stereocenters. The van der Waals surface area contributed by atoms with E-state index in [1.165, 1.54) is 22.8 Å². The number of aryl methyl sites for hydroxylation is 1. The van der Waals surface area contributed by atoms with Crippen molar-refractivity contribution in [2.24, 2.45) is 0 Å². The van der Waals surface area contributed by atoms with E-state index >= 15 is 0 Å². The van der Waals surface area contributed by atoms with Crippen LogP contribution in [0.15, 0.2) is 6.07 Å². The molecule has 0 bridgehead atoms. The lowest BCUT2D eigenvalue weighted by Gasteiger charge is -2.13. The molecule has 0 aliphatic carbocycles. The monoisotopic (exact) mass is 265 g/mol. The van der Waals surface area contributed by atoms with Crippen LogP contribution < -0.4 is 5.32 Å². The van der Waals surface area contributed by atoms with Crippen molar-refractivity contribution in [1.82, 2.24) is 5.32 Å². The fourth-order valence-electron chi connectivity index (χ4n) is 2.05. The molecule has 1 nitrogen and oxygen atoms in total. The Hall–Kier alpha value is -0.430. The predicted octanol–water partition coefficient (Wildman–Crippen LogP) is 3.60. The van der Waals surface area contributed by atoms with Crippen molar-refractivity contribution in [3.63, 3.8) is 0 Å². The molecule has 0 saturated heterocycles. The highest BCUT2D eigenvalue weighted by atomic mass is 32.2. The highest BCUT2D eigenvalue weighted by Gasteiger charge is 2.18. The molecule has 17 heavy (non-hydrogen) atoms. The second-order valence-electron chi connectivity index (χ2n) is 4.31. The first kappa shape index (κ1) is 13.0. The molecule has 1 unspecified atom stereocenters. The third-order valence-corrected chi connectivity index (χ3v) is 5.31. The maximum atomic E-state index is 5.47. The summed E-state index contributed by atoms with van der Waals surface area (Å²) in [7, 11) is 0. The van der Waals surface area contributed by atoms with E-state index in [2.05, 4.69) is 24.2 Å². The summed E-state index contributed by atoms with van der Waals surface area (Å²) in [6.07, 6.45) is 8.66. The van der Waals surface area contributed by atoms with Crippen molar-refractivity contribution in [1.29, 1.82) is 0 Å². The Morgan fingerprint density at radius 2 is 2.47 bits per heavy atom. The fourth-order valence-corrected chi connectivity index (χ4v) is 4.50. The van der Waals surface area contributed by atoms with Gasteiger partial charge in [0, 0.05) is 21.9 Å². The summed E-state index contributed by atoms with van der Waals surface area (Å²) in [5, 5.41) is 3.56. The number of fused-ring (bicyclic) bond motifs is 1. The largest absolute Gasteiger partial charge is 0.308 e. The minimum atomic E-state index is 0.362.